The number of fused-ring (bicyclic) bond motifs is 2. The van der Waals surface area contributed by atoms with E-state index in [1.165, 1.54) is 16.9 Å². The molecular formula is C16H12BrN3OS2. The Hall–Kier alpha value is -1.57. The van der Waals surface area contributed by atoms with Gasteiger partial charge in [-0.2, -0.15) is 0 Å². The number of halogens is 1. The zero-order valence-corrected chi connectivity index (χ0v) is 15.4. The van der Waals surface area contributed by atoms with Crippen molar-refractivity contribution in [2.24, 2.45) is 0 Å². The summed E-state index contributed by atoms with van der Waals surface area (Å²) in [6, 6.07) is 12.3. The third-order valence-electron chi connectivity index (χ3n) is 3.62. The third kappa shape index (κ3) is 2.84. The highest BCUT2D eigenvalue weighted by molar-refractivity contribution is 9.10. The molecule has 4 nitrogen and oxygen atoms in total. The standard InChI is InChI=1S/C16H12BrN3OS2/c1-23(21)16-19-12-4-2-10(6-15(12)22-16)8-20-9-18-13-7-11(17)3-5-14(13)20/h2-7,9H,8H2,1H3. The molecule has 7 heteroatoms. The SMILES string of the molecule is CS(=O)c1nc2ccc(Cn3cnc4cc(Br)ccc43)cc2s1. The molecule has 0 aliphatic rings. The second kappa shape index (κ2) is 5.81. The first-order valence-corrected chi connectivity index (χ1v) is 10.1. The summed E-state index contributed by atoms with van der Waals surface area (Å²) in [5.41, 5.74) is 4.16. The van der Waals surface area contributed by atoms with Crippen LogP contribution in [0.3, 0.4) is 0 Å². The lowest BCUT2D eigenvalue weighted by molar-refractivity contribution is 0.686. The minimum absolute atomic E-state index is 0.676. The van der Waals surface area contributed by atoms with E-state index in [0.29, 0.717) is 4.34 Å². The van der Waals surface area contributed by atoms with Crippen LogP contribution < -0.4 is 0 Å². The highest BCUT2D eigenvalue weighted by Crippen LogP contribution is 2.26. The van der Waals surface area contributed by atoms with Crippen molar-refractivity contribution in [2.75, 3.05) is 6.26 Å². The van der Waals surface area contributed by atoms with Crippen molar-refractivity contribution in [2.45, 2.75) is 10.9 Å². The second-order valence-electron chi connectivity index (χ2n) is 5.24. The van der Waals surface area contributed by atoms with E-state index in [-0.39, 0.29) is 0 Å². The van der Waals surface area contributed by atoms with E-state index in [1.54, 1.807) is 6.26 Å². The number of hydrogen-bond acceptors (Lipinski definition) is 4. The van der Waals surface area contributed by atoms with Crippen LogP contribution in [0.4, 0.5) is 0 Å². The van der Waals surface area contributed by atoms with Crippen LogP contribution in [0.25, 0.3) is 21.3 Å². The molecule has 116 valence electrons. The highest BCUT2D eigenvalue weighted by Gasteiger charge is 2.09. The van der Waals surface area contributed by atoms with Gasteiger partial charge in [-0.15, -0.1) is 11.3 Å². The van der Waals surface area contributed by atoms with Gasteiger partial charge in [0, 0.05) is 17.3 Å². The Morgan fingerprint density at radius 1 is 1.22 bits per heavy atom. The number of aromatic nitrogens is 3. The molecule has 0 bridgehead atoms. The van der Waals surface area contributed by atoms with E-state index < -0.39 is 10.8 Å². The van der Waals surface area contributed by atoms with Crippen LogP contribution in [-0.4, -0.2) is 25.0 Å². The predicted molar refractivity (Wildman–Crippen MR) is 98.5 cm³/mol. The summed E-state index contributed by atoms with van der Waals surface area (Å²) < 4.78 is 16.5. The van der Waals surface area contributed by atoms with Gasteiger partial charge in [-0.25, -0.2) is 9.97 Å². The molecule has 0 saturated carbocycles. The molecule has 0 spiro atoms. The summed E-state index contributed by atoms with van der Waals surface area (Å²) in [6.45, 7) is 0.747. The van der Waals surface area contributed by atoms with E-state index in [1.807, 2.05) is 24.5 Å². The van der Waals surface area contributed by atoms with E-state index in [0.717, 1.165) is 32.3 Å². The maximum Gasteiger partial charge on any atom is 0.181 e. The Balaban J connectivity index is 1.72. The van der Waals surface area contributed by atoms with Crippen molar-refractivity contribution in [3.8, 4) is 0 Å². The summed E-state index contributed by atoms with van der Waals surface area (Å²) in [5, 5.41) is 0. The van der Waals surface area contributed by atoms with Crippen molar-refractivity contribution in [1.29, 1.82) is 0 Å². The van der Waals surface area contributed by atoms with Crippen molar-refractivity contribution in [3.05, 3.63) is 52.8 Å². The molecule has 2 aromatic carbocycles. The zero-order chi connectivity index (χ0) is 16.0. The molecule has 0 saturated heterocycles. The van der Waals surface area contributed by atoms with Crippen molar-refractivity contribution >= 4 is 59.3 Å². The monoisotopic (exact) mass is 405 g/mol. The first-order valence-electron chi connectivity index (χ1n) is 6.93. The van der Waals surface area contributed by atoms with Crippen LogP contribution in [0.5, 0.6) is 0 Å². The van der Waals surface area contributed by atoms with Gasteiger partial charge in [0.25, 0.3) is 0 Å². The summed E-state index contributed by atoms with van der Waals surface area (Å²) in [6.07, 6.45) is 3.52. The lowest BCUT2D eigenvalue weighted by atomic mass is 10.2. The van der Waals surface area contributed by atoms with Gasteiger partial charge in [0.2, 0.25) is 0 Å². The molecule has 4 rings (SSSR count). The Bertz CT molecular complexity index is 1050. The molecule has 0 amide bonds. The number of imidazole rings is 1. The van der Waals surface area contributed by atoms with Crippen LogP contribution in [0.1, 0.15) is 5.56 Å². The molecule has 0 radical (unpaired) electrons. The molecule has 4 aromatic rings. The van der Waals surface area contributed by atoms with Gasteiger partial charge in [-0.05, 0) is 35.9 Å². The number of nitrogens with zero attached hydrogens (tertiary/aromatic N) is 3. The first-order chi connectivity index (χ1) is 11.1. The number of thiazole rings is 1. The Morgan fingerprint density at radius 3 is 2.91 bits per heavy atom. The van der Waals surface area contributed by atoms with Gasteiger partial charge in [0.15, 0.2) is 4.34 Å². The summed E-state index contributed by atoms with van der Waals surface area (Å²) in [7, 11) is -1.03. The molecule has 1 atom stereocenters. The lowest BCUT2D eigenvalue weighted by Crippen LogP contribution is -1.97. The van der Waals surface area contributed by atoms with Gasteiger partial charge in [0.05, 0.1) is 38.4 Å². The largest absolute Gasteiger partial charge is 0.326 e. The van der Waals surface area contributed by atoms with Gasteiger partial charge in [0.1, 0.15) is 0 Å². The van der Waals surface area contributed by atoms with Gasteiger partial charge in [-0.1, -0.05) is 22.0 Å². The van der Waals surface area contributed by atoms with Crippen molar-refractivity contribution in [1.82, 2.24) is 14.5 Å². The van der Waals surface area contributed by atoms with Gasteiger partial charge < -0.3 is 4.57 Å². The Kier molecular flexibility index (Phi) is 3.79. The number of hydrogen-bond donors (Lipinski definition) is 0. The molecule has 0 fully saturated rings. The Morgan fingerprint density at radius 2 is 2.09 bits per heavy atom. The van der Waals surface area contributed by atoms with Crippen molar-refractivity contribution < 1.29 is 4.21 Å². The van der Waals surface area contributed by atoms with E-state index in [2.05, 4.69) is 48.7 Å². The molecular weight excluding hydrogens is 394 g/mol. The normalized spacial score (nSPS) is 13.0. The van der Waals surface area contributed by atoms with Crippen LogP contribution in [0.2, 0.25) is 0 Å². The zero-order valence-electron chi connectivity index (χ0n) is 12.2. The molecule has 1 unspecified atom stereocenters. The van der Waals surface area contributed by atoms with Crippen LogP contribution in [-0.2, 0) is 17.3 Å². The molecule has 0 aliphatic heterocycles. The molecule has 0 N–H and O–H groups in total. The number of benzene rings is 2. The maximum atomic E-state index is 11.6. The third-order valence-corrected chi connectivity index (χ3v) is 6.46. The molecule has 23 heavy (non-hydrogen) atoms. The van der Waals surface area contributed by atoms with E-state index in [4.69, 9.17) is 0 Å². The van der Waals surface area contributed by atoms with Crippen LogP contribution in [0.15, 0.2) is 51.5 Å². The number of rotatable bonds is 3. The fourth-order valence-corrected chi connectivity index (χ4v) is 4.60. The van der Waals surface area contributed by atoms with Gasteiger partial charge in [-0.3, -0.25) is 4.21 Å². The van der Waals surface area contributed by atoms with Crippen LogP contribution >= 0.6 is 27.3 Å². The minimum atomic E-state index is -1.03. The smallest absolute Gasteiger partial charge is 0.181 e. The fraction of sp³-hybridized carbons (Fsp3) is 0.125. The average molecular weight is 406 g/mol. The summed E-state index contributed by atoms with van der Waals surface area (Å²) in [5.74, 6) is 0. The van der Waals surface area contributed by atoms with Crippen molar-refractivity contribution in [3.63, 3.8) is 0 Å². The van der Waals surface area contributed by atoms with E-state index in [9.17, 15) is 4.21 Å². The van der Waals surface area contributed by atoms with Gasteiger partial charge >= 0.3 is 0 Å². The van der Waals surface area contributed by atoms with E-state index >= 15 is 0 Å². The molecule has 2 aromatic heterocycles. The average Bonchev–Trinajstić information content (AvgIpc) is 3.11. The fourth-order valence-electron chi connectivity index (χ4n) is 2.53. The molecule has 0 aliphatic carbocycles. The first kappa shape index (κ1) is 15.0. The maximum absolute atomic E-state index is 11.6. The summed E-state index contributed by atoms with van der Waals surface area (Å²) >= 11 is 4.97. The second-order valence-corrected chi connectivity index (χ2v) is 8.74. The topological polar surface area (TPSA) is 47.8 Å². The predicted octanol–water partition coefficient (Wildman–Crippen LogP) is 4.19. The van der Waals surface area contributed by atoms with Crippen LogP contribution in [0, 0.1) is 0 Å². The summed E-state index contributed by atoms with van der Waals surface area (Å²) in [4.78, 5) is 8.85. The Labute approximate surface area is 147 Å². The molecule has 2 heterocycles. The minimum Gasteiger partial charge on any atom is -0.326 e. The highest BCUT2D eigenvalue weighted by atomic mass is 79.9. The lowest BCUT2D eigenvalue weighted by Gasteiger charge is -2.04. The quantitative estimate of drug-likeness (QED) is 0.513.